The minimum atomic E-state index is -0.167. The third kappa shape index (κ3) is 3.67. The first kappa shape index (κ1) is 23.4. The minimum Gasteiger partial charge on any atom is -0.0622 e. The lowest BCUT2D eigenvalue weighted by molar-refractivity contribution is 0.662. The molecule has 0 spiro atoms. The average Bonchev–Trinajstić information content (AvgIpc) is 3.24. The molecule has 0 bridgehead atoms. The van der Waals surface area contributed by atoms with Crippen molar-refractivity contribution in [3.05, 3.63) is 157 Å². The lowest BCUT2D eigenvalue weighted by Gasteiger charge is -2.30. The summed E-state index contributed by atoms with van der Waals surface area (Å²) in [5.41, 5.74) is 15.5. The van der Waals surface area contributed by atoms with Gasteiger partial charge in [-0.25, -0.2) is 0 Å². The second kappa shape index (κ2) is 9.26. The van der Waals surface area contributed by atoms with Crippen molar-refractivity contribution in [1.29, 1.82) is 0 Å². The summed E-state index contributed by atoms with van der Waals surface area (Å²) in [6.07, 6.45) is 0. The van der Waals surface area contributed by atoms with Crippen molar-refractivity contribution in [2.75, 3.05) is 0 Å². The lowest BCUT2D eigenvalue weighted by atomic mass is 9.72. The van der Waals surface area contributed by atoms with Gasteiger partial charge in [0.05, 0.1) is 0 Å². The maximum Gasteiger partial charge on any atom is 0.0165 e. The van der Waals surface area contributed by atoms with Gasteiger partial charge >= 0.3 is 0 Å². The normalized spacial score (nSPS) is 13.1. The molecule has 0 fully saturated rings. The number of rotatable bonds is 4. The van der Waals surface area contributed by atoms with Gasteiger partial charge in [0, 0.05) is 5.41 Å². The van der Waals surface area contributed by atoms with Crippen LogP contribution in [0.2, 0.25) is 0 Å². The zero-order valence-corrected chi connectivity index (χ0v) is 22.4. The lowest BCUT2D eigenvalue weighted by Crippen LogP contribution is -2.17. The van der Waals surface area contributed by atoms with E-state index in [1.165, 1.54) is 66.8 Å². The number of benzene rings is 6. The highest BCUT2D eigenvalue weighted by Gasteiger charge is 2.42. The van der Waals surface area contributed by atoms with Gasteiger partial charge in [0.2, 0.25) is 0 Å². The van der Waals surface area contributed by atoms with Crippen molar-refractivity contribution in [2.45, 2.75) is 19.3 Å². The largest absolute Gasteiger partial charge is 0.0622 e. The molecule has 0 saturated heterocycles. The van der Waals surface area contributed by atoms with Crippen LogP contribution in [0.3, 0.4) is 0 Å². The second-order valence-electron chi connectivity index (χ2n) is 10.9. The van der Waals surface area contributed by atoms with Crippen molar-refractivity contribution in [1.82, 2.24) is 0 Å². The Hall–Kier alpha value is -4.68. The maximum atomic E-state index is 2.40. The Kier molecular flexibility index (Phi) is 5.56. The Morgan fingerprint density at radius 2 is 0.667 bits per heavy atom. The molecule has 39 heavy (non-hydrogen) atoms. The predicted molar refractivity (Wildman–Crippen MR) is 166 cm³/mol. The standard InChI is InChI=1S/C39H30/c1-39(2)32-26-16-15-25-31(32)37-35(29-21-11-5-12-22-29)33(27-17-7-3-8-18-27)34(28-19-9-4-10-20-28)36(38(37)39)30-23-13-6-14-24-30/h3-26H,1-2H3. The van der Waals surface area contributed by atoms with Crippen LogP contribution in [0.5, 0.6) is 0 Å². The number of fused-ring (bicyclic) bond motifs is 3. The molecule has 186 valence electrons. The molecular formula is C39H30. The van der Waals surface area contributed by atoms with Gasteiger partial charge in [0.25, 0.3) is 0 Å². The molecule has 0 N–H and O–H groups in total. The molecule has 6 aromatic carbocycles. The molecule has 0 radical (unpaired) electrons. The van der Waals surface area contributed by atoms with Gasteiger partial charge in [-0.3, -0.25) is 0 Å². The van der Waals surface area contributed by atoms with Gasteiger partial charge in [-0.1, -0.05) is 159 Å². The van der Waals surface area contributed by atoms with Crippen molar-refractivity contribution in [3.8, 4) is 55.6 Å². The number of hydrogen-bond acceptors (Lipinski definition) is 0. The van der Waals surface area contributed by atoms with Gasteiger partial charge in [-0.05, 0) is 66.8 Å². The minimum absolute atomic E-state index is 0.167. The van der Waals surface area contributed by atoms with Gasteiger partial charge in [-0.15, -0.1) is 0 Å². The van der Waals surface area contributed by atoms with E-state index in [1.54, 1.807) is 0 Å². The van der Waals surface area contributed by atoms with Crippen molar-refractivity contribution in [3.63, 3.8) is 0 Å². The van der Waals surface area contributed by atoms with Crippen LogP contribution in [-0.4, -0.2) is 0 Å². The van der Waals surface area contributed by atoms with Crippen LogP contribution in [0.15, 0.2) is 146 Å². The van der Waals surface area contributed by atoms with Crippen LogP contribution in [0, 0.1) is 0 Å². The van der Waals surface area contributed by atoms with Crippen molar-refractivity contribution >= 4 is 0 Å². The molecule has 0 heteroatoms. The topological polar surface area (TPSA) is 0 Å². The molecule has 0 aromatic heterocycles. The van der Waals surface area contributed by atoms with E-state index in [-0.39, 0.29) is 5.41 Å². The van der Waals surface area contributed by atoms with E-state index in [1.807, 2.05) is 0 Å². The monoisotopic (exact) mass is 498 g/mol. The first-order chi connectivity index (χ1) is 19.2. The van der Waals surface area contributed by atoms with E-state index >= 15 is 0 Å². The summed E-state index contributed by atoms with van der Waals surface area (Å²) < 4.78 is 0. The SMILES string of the molecule is CC1(C)c2ccccc2-c2c(-c3ccccc3)c(-c3ccccc3)c(-c3ccccc3)c(-c3ccccc3)c21. The van der Waals surface area contributed by atoms with Crippen LogP contribution in [-0.2, 0) is 5.41 Å². The van der Waals surface area contributed by atoms with Crippen LogP contribution >= 0.6 is 0 Å². The van der Waals surface area contributed by atoms with E-state index in [4.69, 9.17) is 0 Å². The summed E-state index contributed by atoms with van der Waals surface area (Å²) in [6, 6.07) is 52.9. The molecule has 0 aliphatic heterocycles. The molecule has 0 saturated carbocycles. The van der Waals surface area contributed by atoms with Gasteiger partial charge in [0.15, 0.2) is 0 Å². The highest BCUT2D eigenvalue weighted by Crippen LogP contribution is 2.60. The van der Waals surface area contributed by atoms with Gasteiger partial charge in [-0.2, -0.15) is 0 Å². The zero-order chi connectivity index (χ0) is 26.4. The van der Waals surface area contributed by atoms with E-state index in [2.05, 4.69) is 159 Å². The molecule has 0 unspecified atom stereocenters. The average molecular weight is 499 g/mol. The number of hydrogen-bond donors (Lipinski definition) is 0. The maximum absolute atomic E-state index is 2.40. The van der Waals surface area contributed by atoms with E-state index in [0.29, 0.717) is 0 Å². The fraction of sp³-hybridized carbons (Fsp3) is 0.0769. The summed E-state index contributed by atoms with van der Waals surface area (Å²) in [7, 11) is 0. The molecule has 6 aromatic rings. The summed E-state index contributed by atoms with van der Waals surface area (Å²) in [5, 5.41) is 0. The van der Waals surface area contributed by atoms with Crippen LogP contribution < -0.4 is 0 Å². The highest BCUT2D eigenvalue weighted by atomic mass is 14.4. The molecular weight excluding hydrogens is 468 g/mol. The van der Waals surface area contributed by atoms with Gasteiger partial charge in [0.1, 0.15) is 0 Å². The van der Waals surface area contributed by atoms with Crippen LogP contribution in [0.1, 0.15) is 25.0 Å². The Morgan fingerprint density at radius 3 is 1.13 bits per heavy atom. The van der Waals surface area contributed by atoms with E-state index in [0.717, 1.165) is 0 Å². The first-order valence-electron chi connectivity index (χ1n) is 13.7. The fourth-order valence-electron chi connectivity index (χ4n) is 6.60. The molecule has 0 amide bonds. The van der Waals surface area contributed by atoms with Crippen LogP contribution in [0.25, 0.3) is 55.6 Å². The smallest absolute Gasteiger partial charge is 0.0165 e. The molecule has 0 nitrogen and oxygen atoms in total. The highest BCUT2D eigenvalue weighted by molar-refractivity contribution is 6.11. The van der Waals surface area contributed by atoms with Crippen LogP contribution in [0.4, 0.5) is 0 Å². The molecule has 7 rings (SSSR count). The third-order valence-electron chi connectivity index (χ3n) is 8.24. The summed E-state index contributed by atoms with van der Waals surface area (Å²) in [6.45, 7) is 4.80. The summed E-state index contributed by atoms with van der Waals surface area (Å²) in [5.74, 6) is 0. The van der Waals surface area contributed by atoms with Crippen molar-refractivity contribution < 1.29 is 0 Å². The Labute approximate surface area is 231 Å². The van der Waals surface area contributed by atoms with Gasteiger partial charge < -0.3 is 0 Å². The predicted octanol–water partition coefficient (Wildman–Crippen LogP) is 10.7. The Bertz CT molecular complexity index is 1780. The Morgan fingerprint density at radius 1 is 0.333 bits per heavy atom. The van der Waals surface area contributed by atoms with Crippen molar-refractivity contribution in [2.24, 2.45) is 0 Å². The summed E-state index contributed by atoms with van der Waals surface area (Å²) >= 11 is 0. The second-order valence-corrected chi connectivity index (χ2v) is 10.9. The Balaban J connectivity index is 1.80. The molecule has 0 heterocycles. The molecule has 1 aliphatic rings. The molecule has 0 atom stereocenters. The molecule has 1 aliphatic carbocycles. The quantitative estimate of drug-likeness (QED) is 0.227. The van der Waals surface area contributed by atoms with E-state index in [9.17, 15) is 0 Å². The van der Waals surface area contributed by atoms with E-state index < -0.39 is 0 Å². The summed E-state index contributed by atoms with van der Waals surface area (Å²) in [4.78, 5) is 0. The first-order valence-corrected chi connectivity index (χ1v) is 13.7. The fourth-order valence-corrected chi connectivity index (χ4v) is 6.60. The zero-order valence-electron chi connectivity index (χ0n) is 22.4. The third-order valence-corrected chi connectivity index (χ3v) is 8.24.